The van der Waals surface area contributed by atoms with Crippen molar-refractivity contribution in [3.63, 3.8) is 0 Å². The maximum absolute atomic E-state index is 12.6. The van der Waals surface area contributed by atoms with Gasteiger partial charge in [-0.25, -0.2) is 9.48 Å². The molecule has 2 aromatic rings. The van der Waals surface area contributed by atoms with Crippen LogP contribution < -0.4 is 16.0 Å². The number of aryl methyl sites for hydroxylation is 1. The highest BCUT2D eigenvalue weighted by atomic mass is 35.5. The standard InChI is InChI=1S/C22H26Cl2N4O4/c23-17-12-16(21-15(20(17)25)6-11-31-21)22(30)32-13-14-4-9-27(10-5-14)7-1-8-28-19(29)3-2-18(24)26-28/h2-3,12,14H,1,4-11,13,25H2. The first-order chi connectivity index (χ1) is 15.4. The van der Waals surface area contributed by atoms with Crippen molar-refractivity contribution in [1.82, 2.24) is 14.7 Å². The molecular formula is C22H26Cl2N4O4. The average molecular weight is 481 g/mol. The van der Waals surface area contributed by atoms with Crippen molar-refractivity contribution < 1.29 is 14.3 Å². The monoisotopic (exact) mass is 480 g/mol. The predicted octanol–water partition coefficient (Wildman–Crippen LogP) is 3.03. The molecule has 0 radical (unpaired) electrons. The summed E-state index contributed by atoms with van der Waals surface area (Å²) >= 11 is 12.0. The van der Waals surface area contributed by atoms with Gasteiger partial charge in [0, 0.05) is 24.6 Å². The van der Waals surface area contributed by atoms with Gasteiger partial charge in [0.2, 0.25) is 0 Å². The fourth-order valence-electron chi connectivity index (χ4n) is 4.20. The highest BCUT2D eigenvalue weighted by Gasteiger charge is 2.27. The molecule has 0 unspecified atom stereocenters. The minimum Gasteiger partial charge on any atom is -0.492 e. The van der Waals surface area contributed by atoms with Crippen LogP contribution in [-0.4, -0.2) is 53.5 Å². The summed E-state index contributed by atoms with van der Waals surface area (Å²) in [6.07, 6.45) is 3.35. The molecule has 1 aromatic heterocycles. The van der Waals surface area contributed by atoms with Gasteiger partial charge in [0.25, 0.3) is 5.56 Å². The summed E-state index contributed by atoms with van der Waals surface area (Å²) < 4.78 is 12.6. The minimum atomic E-state index is -0.424. The molecule has 0 atom stereocenters. The van der Waals surface area contributed by atoms with E-state index in [4.69, 9.17) is 38.4 Å². The number of halogens is 2. The van der Waals surface area contributed by atoms with Crippen LogP contribution in [0.5, 0.6) is 5.75 Å². The molecule has 4 rings (SSSR count). The zero-order chi connectivity index (χ0) is 22.7. The van der Waals surface area contributed by atoms with Crippen LogP contribution in [0.4, 0.5) is 5.69 Å². The molecule has 2 N–H and O–H groups in total. The molecule has 8 nitrogen and oxygen atoms in total. The molecule has 0 amide bonds. The maximum Gasteiger partial charge on any atom is 0.341 e. The van der Waals surface area contributed by atoms with Crippen LogP contribution in [0.15, 0.2) is 23.0 Å². The number of benzene rings is 1. The third-order valence-electron chi connectivity index (χ3n) is 6.03. The lowest BCUT2D eigenvalue weighted by Gasteiger charge is -2.31. The Morgan fingerprint density at radius 2 is 2.03 bits per heavy atom. The van der Waals surface area contributed by atoms with E-state index < -0.39 is 5.97 Å². The van der Waals surface area contributed by atoms with Crippen LogP contribution in [0.1, 0.15) is 35.2 Å². The van der Waals surface area contributed by atoms with E-state index in [1.165, 1.54) is 22.9 Å². The maximum atomic E-state index is 12.6. The number of rotatable bonds is 7. The van der Waals surface area contributed by atoms with E-state index in [1.807, 2.05) is 0 Å². The molecule has 0 saturated carbocycles. The first-order valence-electron chi connectivity index (χ1n) is 10.8. The second-order valence-corrected chi connectivity index (χ2v) is 8.97. The van der Waals surface area contributed by atoms with E-state index in [0.29, 0.717) is 59.3 Å². The van der Waals surface area contributed by atoms with Crippen molar-refractivity contribution in [2.75, 3.05) is 38.6 Å². The molecule has 0 aliphatic carbocycles. The van der Waals surface area contributed by atoms with Gasteiger partial charge in [0.05, 0.1) is 23.9 Å². The molecule has 2 aliphatic heterocycles. The van der Waals surface area contributed by atoms with E-state index in [-0.39, 0.29) is 5.56 Å². The Hall–Kier alpha value is -2.29. The Kier molecular flexibility index (Phi) is 7.23. The molecular weight excluding hydrogens is 455 g/mol. The number of hydrogen-bond donors (Lipinski definition) is 1. The van der Waals surface area contributed by atoms with E-state index in [9.17, 15) is 9.59 Å². The largest absolute Gasteiger partial charge is 0.492 e. The van der Waals surface area contributed by atoms with Crippen molar-refractivity contribution in [2.45, 2.75) is 32.2 Å². The van der Waals surface area contributed by atoms with Crippen molar-refractivity contribution in [3.8, 4) is 5.75 Å². The number of nitrogens with two attached hydrogens (primary N) is 1. The highest BCUT2D eigenvalue weighted by Crippen LogP contribution is 2.39. The summed E-state index contributed by atoms with van der Waals surface area (Å²) in [6.45, 7) is 4.11. The number of likely N-dealkylation sites (tertiary alicyclic amines) is 1. The van der Waals surface area contributed by atoms with Crippen molar-refractivity contribution in [2.24, 2.45) is 5.92 Å². The second kappa shape index (κ2) is 10.1. The minimum absolute atomic E-state index is 0.145. The number of carbonyl (C=O) groups excluding carboxylic acids is 1. The molecule has 0 bridgehead atoms. The smallest absolute Gasteiger partial charge is 0.341 e. The summed E-state index contributed by atoms with van der Waals surface area (Å²) in [5.74, 6) is 0.387. The van der Waals surface area contributed by atoms with E-state index in [2.05, 4.69) is 10.00 Å². The van der Waals surface area contributed by atoms with Crippen molar-refractivity contribution >= 4 is 34.9 Å². The van der Waals surface area contributed by atoms with Gasteiger partial charge in [-0.3, -0.25) is 4.79 Å². The highest BCUT2D eigenvalue weighted by molar-refractivity contribution is 6.33. The summed E-state index contributed by atoms with van der Waals surface area (Å²) in [5.41, 5.74) is 7.45. The number of ether oxygens (including phenoxy) is 2. The summed E-state index contributed by atoms with van der Waals surface area (Å²) in [7, 11) is 0. The molecule has 0 spiro atoms. The van der Waals surface area contributed by atoms with Gasteiger partial charge in [0.1, 0.15) is 16.5 Å². The van der Waals surface area contributed by atoms with Gasteiger partial charge in [-0.15, -0.1) is 0 Å². The summed E-state index contributed by atoms with van der Waals surface area (Å²) in [6, 6.07) is 4.47. The zero-order valence-electron chi connectivity index (χ0n) is 17.7. The number of aromatic nitrogens is 2. The lowest BCUT2D eigenvalue weighted by molar-refractivity contribution is 0.0368. The Bertz CT molecular complexity index is 1050. The molecule has 172 valence electrons. The van der Waals surface area contributed by atoms with Gasteiger partial charge in [-0.2, -0.15) is 5.10 Å². The van der Waals surface area contributed by atoms with Crippen molar-refractivity contribution in [3.05, 3.63) is 49.9 Å². The number of esters is 1. The Balaban J connectivity index is 1.22. The average Bonchev–Trinajstić information content (AvgIpc) is 3.28. The first-order valence-corrected chi connectivity index (χ1v) is 11.5. The number of piperidine rings is 1. The summed E-state index contributed by atoms with van der Waals surface area (Å²) in [4.78, 5) is 26.8. The summed E-state index contributed by atoms with van der Waals surface area (Å²) in [5, 5.41) is 4.71. The molecule has 2 aliphatic rings. The van der Waals surface area contributed by atoms with Crippen LogP contribution >= 0.6 is 23.2 Å². The zero-order valence-corrected chi connectivity index (χ0v) is 19.2. The van der Waals surface area contributed by atoms with E-state index in [1.54, 1.807) is 0 Å². The SMILES string of the molecule is Nc1c(Cl)cc(C(=O)OCC2CCN(CCCn3nc(Cl)ccc3=O)CC2)c2c1CCO2. The van der Waals surface area contributed by atoms with Crippen LogP contribution in [0.2, 0.25) is 10.2 Å². The van der Waals surface area contributed by atoms with Crippen molar-refractivity contribution in [1.29, 1.82) is 0 Å². The topological polar surface area (TPSA) is 99.7 Å². The first kappa shape index (κ1) is 22.9. The van der Waals surface area contributed by atoms with Crippen LogP contribution in [0.25, 0.3) is 0 Å². The van der Waals surface area contributed by atoms with Gasteiger partial charge in [-0.05, 0) is 56.9 Å². The molecule has 3 heterocycles. The quantitative estimate of drug-likeness (QED) is 0.480. The predicted molar refractivity (Wildman–Crippen MR) is 123 cm³/mol. The molecule has 32 heavy (non-hydrogen) atoms. The van der Waals surface area contributed by atoms with Gasteiger partial charge < -0.3 is 20.1 Å². The molecule has 1 aromatic carbocycles. The number of anilines is 1. The fraction of sp³-hybridized carbons (Fsp3) is 0.500. The molecule has 10 heteroatoms. The fourth-order valence-corrected chi connectivity index (χ4v) is 4.57. The van der Waals surface area contributed by atoms with E-state index >= 15 is 0 Å². The van der Waals surface area contributed by atoms with Gasteiger partial charge in [0.15, 0.2) is 0 Å². The van der Waals surface area contributed by atoms with Crippen LogP contribution in [-0.2, 0) is 17.7 Å². The van der Waals surface area contributed by atoms with E-state index in [0.717, 1.165) is 44.5 Å². The molecule has 1 fully saturated rings. The Labute approximate surface area is 196 Å². The number of fused-ring (bicyclic) bond motifs is 1. The third kappa shape index (κ3) is 5.19. The van der Waals surface area contributed by atoms with Gasteiger partial charge >= 0.3 is 5.97 Å². The number of hydrogen-bond acceptors (Lipinski definition) is 7. The third-order valence-corrected chi connectivity index (χ3v) is 6.54. The number of nitrogens with zero attached hydrogens (tertiary/aromatic N) is 3. The van der Waals surface area contributed by atoms with Crippen LogP contribution in [0.3, 0.4) is 0 Å². The van der Waals surface area contributed by atoms with Gasteiger partial charge in [-0.1, -0.05) is 23.2 Å². The second-order valence-electron chi connectivity index (χ2n) is 8.18. The lowest BCUT2D eigenvalue weighted by atomic mass is 9.97. The normalized spacial score (nSPS) is 16.6. The Morgan fingerprint density at radius 3 is 2.81 bits per heavy atom. The number of nitrogen functional groups attached to an aromatic ring is 1. The lowest BCUT2D eigenvalue weighted by Crippen LogP contribution is -2.36. The molecule has 1 saturated heterocycles. The number of carbonyl (C=O) groups is 1. The Morgan fingerprint density at radius 1 is 1.25 bits per heavy atom. The van der Waals surface area contributed by atoms with Crippen LogP contribution in [0, 0.1) is 5.92 Å².